The molecule has 1 saturated carbocycles. The number of thioether (sulfide) groups is 1. The predicted molar refractivity (Wildman–Crippen MR) is 90.2 cm³/mol. The number of nitrogens with one attached hydrogen (secondary N) is 1. The summed E-state index contributed by atoms with van der Waals surface area (Å²) in [7, 11) is -3.50. The van der Waals surface area contributed by atoms with Crippen LogP contribution in [0.25, 0.3) is 0 Å². The molecule has 0 heterocycles. The summed E-state index contributed by atoms with van der Waals surface area (Å²) in [6, 6.07) is 3.40. The number of benzene rings is 1. The summed E-state index contributed by atoms with van der Waals surface area (Å²) in [6.07, 6.45) is 6.08. The Labute approximate surface area is 131 Å². The summed E-state index contributed by atoms with van der Waals surface area (Å²) < 4.78 is 28.1. The molecule has 1 aliphatic rings. The van der Waals surface area contributed by atoms with E-state index in [1.807, 2.05) is 25.6 Å². The molecule has 2 rings (SSSR count). The topological polar surface area (TPSA) is 72.2 Å². The number of anilines is 1. The van der Waals surface area contributed by atoms with E-state index in [0.717, 1.165) is 36.8 Å². The molecule has 4 nitrogen and oxygen atoms in total. The first-order valence-electron chi connectivity index (χ1n) is 7.25. The van der Waals surface area contributed by atoms with Crippen LogP contribution in [0.15, 0.2) is 17.0 Å². The number of aryl methyl sites for hydroxylation is 1. The monoisotopic (exact) mass is 328 g/mol. The highest BCUT2D eigenvalue weighted by atomic mass is 32.2. The van der Waals surface area contributed by atoms with E-state index < -0.39 is 10.0 Å². The van der Waals surface area contributed by atoms with Gasteiger partial charge in [0, 0.05) is 17.0 Å². The Bertz CT molecular complexity index is 606. The van der Waals surface area contributed by atoms with Crippen LogP contribution in [-0.2, 0) is 10.0 Å². The fourth-order valence-electron chi connectivity index (χ4n) is 2.83. The van der Waals surface area contributed by atoms with Gasteiger partial charge in [0.05, 0.1) is 4.90 Å². The summed E-state index contributed by atoms with van der Waals surface area (Å²) in [5, 5.41) is 0.669. The highest BCUT2D eigenvalue weighted by Gasteiger charge is 2.26. The van der Waals surface area contributed by atoms with Crippen LogP contribution in [-0.4, -0.2) is 26.0 Å². The quantitative estimate of drug-likeness (QED) is 0.834. The van der Waals surface area contributed by atoms with Crippen molar-refractivity contribution >= 4 is 27.5 Å². The first-order valence-corrected chi connectivity index (χ1v) is 10.0. The highest BCUT2D eigenvalue weighted by Crippen LogP contribution is 2.28. The van der Waals surface area contributed by atoms with Crippen molar-refractivity contribution < 1.29 is 8.42 Å². The molecular formula is C15H24N2O2S2. The SMILES string of the molecule is CSC1CCC(NS(=O)(=O)c2cc(N)cc(C)c2C)CC1. The second kappa shape index (κ2) is 6.58. The van der Waals surface area contributed by atoms with Gasteiger partial charge in [0.25, 0.3) is 0 Å². The Morgan fingerprint density at radius 2 is 1.81 bits per heavy atom. The van der Waals surface area contributed by atoms with E-state index in [0.29, 0.717) is 15.8 Å². The second-order valence-electron chi connectivity index (χ2n) is 5.79. The van der Waals surface area contributed by atoms with Gasteiger partial charge < -0.3 is 5.73 Å². The average molecular weight is 329 g/mol. The smallest absolute Gasteiger partial charge is 0.241 e. The zero-order chi connectivity index (χ0) is 15.6. The molecule has 0 amide bonds. The molecule has 6 heteroatoms. The summed E-state index contributed by atoms with van der Waals surface area (Å²) in [6.45, 7) is 3.71. The van der Waals surface area contributed by atoms with Gasteiger partial charge >= 0.3 is 0 Å². The number of sulfonamides is 1. The minimum absolute atomic E-state index is 0.0412. The van der Waals surface area contributed by atoms with Gasteiger partial charge in [-0.05, 0) is 69.0 Å². The lowest BCUT2D eigenvalue weighted by Gasteiger charge is -2.28. The molecule has 1 aromatic rings. The van der Waals surface area contributed by atoms with Gasteiger partial charge in [-0.2, -0.15) is 11.8 Å². The van der Waals surface area contributed by atoms with Gasteiger partial charge in [-0.25, -0.2) is 13.1 Å². The van der Waals surface area contributed by atoms with Gasteiger partial charge in [-0.3, -0.25) is 0 Å². The molecule has 118 valence electrons. The van der Waals surface area contributed by atoms with Crippen LogP contribution in [0.1, 0.15) is 36.8 Å². The maximum atomic E-state index is 12.6. The van der Waals surface area contributed by atoms with Crippen molar-refractivity contribution in [3.05, 3.63) is 23.3 Å². The van der Waals surface area contributed by atoms with Crippen LogP contribution in [0, 0.1) is 13.8 Å². The van der Waals surface area contributed by atoms with Crippen molar-refractivity contribution in [3.63, 3.8) is 0 Å². The Hall–Kier alpha value is -0.720. The van der Waals surface area contributed by atoms with Crippen LogP contribution in [0.5, 0.6) is 0 Å². The highest BCUT2D eigenvalue weighted by molar-refractivity contribution is 7.99. The van der Waals surface area contributed by atoms with E-state index in [1.54, 1.807) is 12.1 Å². The minimum atomic E-state index is -3.50. The number of hydrogen-bond acceptors (Lipinski definition) is 4. The molecule has 0 bridgehead atoms. The normalized spacial score (nSPS) is 23.2. The standard InChI is InChI=1S/C15H24N2O2S2/c1-10-8-12(16)9-15(11(10)2)21(18,19)17-13-4-6-14(20-3)7-5-13/h8-9,13-14,17H,4-7,16H2,1-3H3. The molecule has 0 saturated heterocycles. The lowest BCUT2D eigenvalue weighted by molar-refractivity contribution is 0.420. The summed E-state index contributed by atoms with van der Waals surface area (Å²) in [5.41, 5.74) is 7.97. The molecule has 1 aliphatic carbocycles. The van der Waals surface area contributed by atoms with Gasteiger partial charge in [0.1, 0.15) is 0 Å². The van der Waals surface area contributed by atoms with Crippen LogP contribution in [0.2, 0.25) is 0 Å². The molecule has 1 aromatic carbocycles. The third-order valence-corrected chi connectivity index (χ3v) is 7.05. The molecule has 0 atom stereocenters. The number of nitrogen functional groups attached to an aromatic ring is 1. The molecule has 0 aromatic heterocycles. The Balaban J connectivity index is 2.16. The van der Waals surface area contributed by atoms with Crippen molar-refractivity contribution in [3.8, 4) is 0 Å². The van der Waals surface area contributed by atoms with Crippen LogP contribution in [0.3, 0.4) is 0 Å². The fourth-order valence-corrected chi connectivity index (χ4v) is 5.23. The zero-order valence-corrected chi connectivity index (χ0v) is 14.5. The zero-order valence-electron chi connectivity index (χ0n) is 12.8. The summed E-state index contributed by atoms with van der Waals surface area (Å²) in [5.74, 6) is 0. The second-order valence-corrected chi connectivity index (χ2v) is 8.61. The molecular weight excluding hydrogens is 304 g/mol. The molecule has 0 radical (unpaired) electrons. The Morgan fingerprint density at radius 3 is 2.38 bits per heavy atom. The van der Waals surface area contributed by atoms with Crippen LogP contribution >= 0.6 is 11.8 Å². The maximum Gasteiger partial charge on any atom is 0.241 e. The minimum Gasteiger partial charge on any atom is -0.399 e. The number of hydrogen-bond donors (Lipinski definition) is 2. The molecule has 0 spiro atoms. The van der Waals surface area contributed by atoms with Gasteiger partial charge in [0.15, 0.2) is 0 Å². The van der Waals surface area contributed by atoms with E-state index in [4.69, 9.17) is 5.73 Å². The van der Waals surface area contributed by atoms with E-state index in [9.17, 15) is 8.42 Å². The first-order chi connectivity index (χ1) is 9.83. The molecule has 0 unspecified atom stereocenters. The lowest BCUT2D eigenvalue weighted by atomic mass is 9.96. The molecule has 3 N–H and O–H groups in total. The Morgan fingerprint density at radius 1 is 1.19 bits per heavy atom. The average Bonchev–Trinajstić information content (AvgIpc) is 2.43. The van der Waals surface area contributed by atoms with Crippen molar-refractivity contribution in [2.24, 2.45) is 0 Å². The first kappa shape index (κ1) is 16.6. The van der Waals surface area contributed by atoms with E-state index in [-0.39, 0.29) is 6.04 Å². The third kappa shape index (κ3) is 3.93. The predicted octanol–water partition coefficient (Wildman–Crippen LogP) is 2.84. The van der Waals surface area contributed by atoms with Crippen molar-refractivity contribution in [1.29, 1.82) is 0 Å². The molecule has 21 heavy (non-hydrogen) atoms. The van der Waals surface area contributed by atoms with Crippen LogP contribution in [0.4, 0.5) is 5.69 Å². The van der Waals surface area contributed by atoms with E-state index in [2.05, 4.69) is 11.0 Å². The van der Waals surface area contributed by atoms with Crippen LogP contribution < -0.4 is 10.5 Å². The van der Waals surface area contributed by atoms with E-state index in [1.165, 1.54) is 0 Å². The van der Waals surface area contributed by atoms with Gasteiger partial charge in [0.2, 0.25) is 10.0 Å². The van der Waals surface area contributed by atoms with Gasteiger partial charge in [-0.15, -0.1) is 0 Å². The fraction of sp³-hybridized carbons (Fsp3) is 0.600. The van der Waals surface area contributed by atoms with Crippen molar-refractivity contribution in [2.45, 2.75) is 55.7 Å². The molecule has 1 fully saturated rings. The lowest BCUT2D eigenvalue weighted by Crippen LogP contribution is -2.38. The number of rotatable bonds is 4. The number of nitrogens with two attached hydrogens (primary N) is 1. The van der Waals surface area contributed by atoms with Crippen molar-refractivity contribution in [1.82, 2.24) is 4.72 Å². The largest absolute Gasteiger partial charge is 0.399 e. The summed E-state index contributed by atoms with van der Waals surface area (Å²) in [4.78, 5) is 0.312. The van der Waals surface area contributed by atoms with E-state index >= 15 is 0 Å². The Kier molecular flexibility index (Phi) is 5.22. The summed E-state index contributed by atoms with van der Waals surface area (Å²) >= 11 is 1.87. The van der Waals surface area contributed by atoms with Gasteiger partial charge in [-0.1, -0.05) is 0 Å². The molecule has 0 aliphatic heterocycles. The third-order valence-electron chi connectivity index (χ3n) is 4.26. The maximum absolute atomic E-state index is 12.6. The van der Waals surface area contributed by atoms with Crippen molar-refractivity contribution in [2.75, 3.05) is 12.0 Å².